The summed E-state index contributed by atoms with van der Waals surface area (Å²) in [6, 6.07) is 8.25. The van der Waals surface area contributed by atoms with Crippen LogP contribution in [-0.4, -0.2) is 43.7 Å². The molecular weight excluding hydrogens is 382 g/mol. The van der Waals surface area contributed by atoms with Crippen LogP contribution in [-0.2, 0) is 30.7 Å². The zero-order valence-corrected chi connectivity index (χ0v) is 16.5. The molecule has 9 heteroatoms. The number of rotatable bonds is 6. The second-order valence-electron chi connectivity index (χ2n) is 7.52. The standard InChI is InChI=1S/C21H23N7O2/c29-21(30-7-3-5-16-10-22-13-24-16)28-11-15-9-23-20(26-18(15)12-28)27-19-8-14-4-1-2-6-17(14)25-19/h1-2,4,6,9-10,13,19,25H,3,5,7-8,11-12H2,(H,22,24)(H,23,26,27). The SMILES string of the molecule is O=C(OCCCc1cnc[nH]1)N1Cc2cnc(NC3Cc4ccccc4N3)nc2C1. The first-order valence-corrected chi connectivity index (χ1v) is 10.1. The van der Waals surface area contributed by atoms with Gasteiger partial charge in [0.1, 0.15) is 6.17 Å². The van der Waals surface area contributed by atoms with Crippen molar-refractivity contribution in [1.29, 1.82) is 0 Å². The average molecular weight is 405 g/mol. The van der Waals surface area contributed by atoms with Crippen LogP contribution in [0.2, 0.25) is 0 Å². The molecular formula is C21H23N7O2. The van der Waals surface area contributed by atoms with Crippen LogP contribution in [0.1, 0.15) is 28.9 Å². The lowest BCUT2D eigenvalue weighted by molar-refractivity contribution is 0.100. The molecule has 0 aliphatic carbocycles. The molecule has 5 rings (SSSR count). The van der Waals surface area contributed by atoms with E-state index in [9.17, 15) is 4.79 Å². The first-order valence-electron chi connectivity index (χ1n) is 10.1. The van der Waals surface area contributed by atoms with Crippen molar-refractivity contribution in [2.75, 3.05) is 17.2 Å². The van der Waals surface area contributed by atoms with Crippen molar-refractivity contribution in [3.63, 3.8) is 0 Å². The fraction of sp³-hybridized carbons (Fsp3) is 0.333. The van der Waals surface area contributed by atoms with E-state index in [1.54, 1.807) is 23.6 Å². The van der Waals surface area contributed by atoms with Gasteiger partial charge < -0.3 is 20.4 Å². The Morgan fingerprint density at radius 1 is 1.23 bits per heavy atom. The van der Waals surface area contributed by atoms with Crippen molar-refractivity contribution in [3.8, 4) is 0 Å². The predicted octanol–water partition coefficient (Wildman–Crippen LogP) is 2.69. The number of carbonyl (C=O) groups excluding carboxylic acids is 1. The van der Waals surface area contributed by atoms with Crippen molar-refractivity contribution in [1.82, 2.24) is 24.8 Å². The molecule has 154 valence electrons. The minimum atomic E-state index is -0.319. The largest absolute Gasteiger partial charge is 0.449 e. The Kier molecular flexibility index (Phi) is 4.92. The summed E-state index contributed by atoms with van der Waals surface area (Å²) in [5.41, 5.74) is 5.26. The van der Waals surface area contributed by atoms with Gasteiger partial charge >= 0.3 is 6.09 Å². The number of H-pyrrole nitrogens is 1. The van der Waals surface area contributed by atoms with Crippen molar-refractivity contribution in [2.45, 2.75) is 38.5 Å². The van der Waals surface area contributed by atoms with E-state index in [1.165, 1.54) is 5.56 Å². The Bertz CT molecular complexity index is 1010. The van der Waals surface area contributed by atoms with Crippen LogP contribution >= 0.6 is 0 Å². The molecule has 0 saturated heterocycles. The summed E-state index contributed by atoms with van der Waals surface area (Å²) >= 11 is 0. The van der Waals surface area contributed by atoms with E-state index in [0.29, 0.717) is 25.6 Å². The van der Waals surface area contributed by atoms with Gasteiger partial charge in [0.05, 0.1) is 31.7 Å². The van der Waals surface area contributed by atoms with Gasteiger partial charge in [0, 0.05) is 35.8 Å². The van der Waals surface area contributed by atoms with Crippen molar-refractivity contribution in [2.24, 2.45) is 0 Å². The number of carbonyl (C=O) groups is 1. The molecule has 30 heavy (non-hydrogen) atoms. The normalized spacial score (nSPS) is 16.7. The third-order valence-electron chi connectivity index (χ3n) is 5.36. The Labute approximate surface area is 173 Å². The van der Waals surface area contributed by atoms with E-state index in [-0.39, 0.29) is 12.3 Å². The molecule has 1 unspecified atom stereocenters. The lowest BCUT2D eigenvalue weighted by atomic mass is 10.1. The second-order valence-corrected chi connectivity index (χ2v) is 7.52. The fourth-order valence-corrected chi connectivity index (χ4v) is 3.83. The van der Waals surface area contributed by atoms with Gasteiger partial charge in [0.25, 0.3) is 0 Å². The Hall–Kier alpha value is -3.62. The molecule has 3 N–H and O–H groups in total. The van der Waals surface area contributed by atoms with Gasteiger partial charge in [0.15, 0.2) is 0 Å². The maximum absolute atomic E-state index is 12.4. The van der Waals surface area contributed by atoms with Gasteiger partial charge in [-0.25, -0.2) is 19.7 Å². The van der Waals surface area contributed by atoms with Crippen LogP contribution in [0.3, 0.4) is 0 Å². The highest BCUT2D eigenvalue weighted by Crippen LogP contribution is 2.26. The van der Waals surface area contributed by atoms with Crippen LogP contribution in [0, 0.1) is 0 Å². The number of imidazole rings is 1. The van der Waals surface area contributed by atoms with Gasteiger partial charge in [0.2, 0.25) is 5.95 Å². The summed E-state index contributed by atoms with van der Waals surface area (Å²) in [6.07, 6.45) is 7.37. The first kappa shape index (κ1) is 18.4. The molecule has 0 bridgehead atoms. The third-order valence-corrected chi connectivity index (χ3v) is 5.36. The quantitative estimate of drug-likeness (QED) is 0.541. The summed E-state index contributed by atoms with van der Waals surface area (Å²) in [5.74, 6) is 0.564. The molecule has 1 amide bonds. The van der Waals surface area contributed by atoms with Gasteiger partial charge in [-0.1, -0.05) is 18.2 Å². The number of fused-ring (bicyclic) bond motifs is 2. The van der Waals surface area contributed by atoms with Crippen LogP contribution in [0.15, 0.2) is 43.0 Å². The molecule has 0 radical (unpaired) electrons. The summed E-state index contributed by atoms with van der Waals surface area (Å²) in [4.78, 5) is 30.1. The number of para-hydroxylation sites is 1. The number of anilines is 2. The molecule has 1 atom stereocenters. The number of nitrogens with zero attached hydrogens (tertiary/aromatic N) is 4. The van der Waals surface area contributed by atoms with Crippen molar-refractivity contribution < 1.29 is 9.53 Å². The molecule has 0 fully saturated rings. The zero-order valence-electron chi connectivity index (χ0n) is 16.5. The summed E-state index contributed by atoms with van der Waals surface area (Å²) in [5, 5.41) is 6.78. The van der Waals surface area contributed by atoms with Gasteiger partial charge in [-0.3, -0.25) is 4.90 Å². The second kappa shape index (κ2) is 8.02. The number of nitrogens with one attached hydrogen (secondary N) is 3. The van der Waals surface area contributed by atoms with Crippen molar-refractivity contribution >= 4 is 17.7 Å². The van der Waals surface area contributed by atoms with Crippen LogP contribution < -0.4 is 10.6 Å². The summed E-state index contributed by atoms with van der Waals surface area (Å²) < 4.78 is 5.41. The Balaban J connectivity index is 1.12. The van der Waals surface area contributed by atoms with E-state index >= 15 is 0 Å². The summed E-state index contributed by atoms with van der Waals surface area (Å²) in [7, 11) is 0. The van der Waals surface area contributed by atoms with Crippen LogP contribution in [0.4, 0.5) is 16.4 Å². The molecule has 3 aromatic rings. The monoisotopic (exact) mass is 405 g/mol. The average Bonchev–Trinajstić information content (AvgIpc) is 3.49. The van der Waals surface area contributed by atoms with E-state index in [2.05, 4.69) is 42.7 Å². The Morgan fingerprint density at radius 3 is 3.03 bits per heavy atom. The number of aryl methyl sites for hydroxylation is 1. The minimum absolute atomic E-state index is 0.0535. The highest BCUT2D eigenvalue weighted by molar-refractivity contribution is 5.68. The highest BCUT2D eigenvalue weighted by atomic mass is 16.6. The number of aromatic amines is 1. The summed E-state index contributed by atoms with van der Waals surface area (Å²) in [6.45, 7) is 1.28. The number of aromatic nitrogens is 4. The number of benzene rings is 1. The van der Waals surface area contributed by atoms with E-state index < -0.39 is 0 Å². The first-order chi connectivity index (χ1) is 14.7. The van der Waals surface area contributed by atoms with Crippen LogP contribution in [0.25, 0.3) is 0 Å². The molecule has 2 aliphatic rings. The molecule has 2 aliphatic heterocycles. The highest BCUT2D eigenvalue weighted by Gasteiger charge is 2.27. The van der Waals surface area contributed by atoms with Crippen molar-refractivity contribution in [3.05, 3.63) is 65.5 Å². The lowest BCUT2D eigenvalue weighted by Crippen LogP contribution is -2.27. The number of hydrogen-bond acceptors (Lipinski definition) is 7. The van der Waals surface area contributed by atoms with Crippen LogP contribution in [0.5, 0.6) is 0 Å². The molecule has 4 heterocycles. The van der Waals surface area contributed by atoms with Gasteiger partial charge in [-0.05, 0) is 24.5 Å². The zero-order chi connectivity index (χ0) is 20.3. The fourth-order valence-electron chi connectivity index (χ4n) is 3.83. The molecule has 9 nitrogen and oxygen atoms in total. The molecule has 1 aromatic carbocycles. The topological polar surface area (TPSA) is 108 Å². The molecule has 0 spiro atoms. The number of amides is 1. The van der Waals surface area contributed by atoms with E-state index in [4.69, 9.17) is 4.74 Å². The molecule has 2 aromatic heterocycles. The molecule has 0 saturated carbocycles. The third kappa shape index (κ3) is 3.91. The smallest absolute Gasteiger partial charge is 0.410 e. The van der Waals surface area contributed by atoms with Gasteiger partial charge in [-0.2, -0.15) is 0 Å². The maximum Gasteiger partial charge on any atom is 0.410 e. The minimum Gasteiger partial charge on any atom is -0.449 e. The maximum atomic E-state index is 12.4. The van der Waals surface area contributed by atoms with E-state index in [1.807, 2.05) is 12.1 Å². The van der Waals surface area contributed by atoms with E-state index in [0.717, 1.165) is 41.9 Å². The van der Waals surface area contributed by atoms with Gasteiger partial charge in [-0.15, -0.1) is 0 Å². The number of ether oxygens (including phenoxy) is 1. The lowest BCUT2D eigenvalue weighted by Gasteiger charge is -2.15. The predicted molar refractivity (Wildman–Crippen MR) is 111 cm³/mol. The Morgan fingerprint density at radius 2 is 2.17 bits per heavy atom. The number of hydrogen-bond donors (Lipinski definition) is 3.